The zero-order valence-corrected chi connectivity index (χ0v) is 20.5. The van der Waals surface area contributed by atoms with Crippen LogP contribution in [0.3, 0.4) is 0 Å². The van der Waals surface area contributed by atoms with E-state index in [1.807, 2.05) is 4.90 Å². The van der Waals surface area contributed by atoms with Crippen LogP contribution in [0.1, 0.15) is 12.8 Å². The van der Waals surface area contributed by atoms with E-state index in [9.17, 15) is 16.8 Å². The number of anilines is 3. The van der Waals surface area contributed by atoms with Crippen LogP contribution in [0, 0.1) is 0 Å². The molecular formula is C22H21Cl2N3O4S2. The highest BCUT2D eigenvalue weighted by Gasteiger charge is 2.24. The molecule has 1 fully saturated rings. The van der Waals surface area contributed by atoms with Gasteiger partial charge in [0, 0.05) is 28.8 Å². The second-order valence-corrected chi connectivity index (χ2v) is 11.8. The summed E-state index contributed by atoms with van der Waals surface area (Å²) in [5.41, 5.74) is 1.13. The number of rotatable bonds is 7. The van der Waals surface area contributed by atoms with Crippen molar-refractivity contribution in [2.24, 2.45) is 0 Å². The van der Waals surface area contributed by atoms with Crippen molar-refractivity contribution in [2.75, 3.05) is 27.4 Å². The molecule has 0 atom stereocenters. The Labute approximate surface area is 203 Å². The van der Waals surface area contributed by atoms with E-state index in [1.165, 1.54) is 30.3 Å². The normalized spacial score (nSPS) is 14.3. The van der Waals surface area contributed by atoms with Crippen LogP contribution >= 0.6 is 23.2 Å². The van der Waals surface area contributed by atoms with Crippen molar-refractivity contribution in [3.05, 3.63) is 76.8 Å². The summed E-state index contributed by atoms with van der Waals surface area (Å²) in [6, 6.07) is 16.5. The second kappa shape index (κ2) is 9.42. The quantitative estimate of drug-likeness (QED) is 0.442. The first-order chi connectivity index (χ1) is 15.6. The lowest BCUT2D eigenvalue weighted by atomic mass is 10.2. The number of hydrogen-bond donors (Lipinski definition) is 2. The van der Waals surface area contributed by atoms with E-state index in [1.54, 1.807) is 36.4 Å². The monoisotopic (exact) mass is 525 g/mol. The average molecular weight is 526 g/mol. The van der Waals surface area contributed by atoms with Gasteiger partial charge in [-0.15, -0.1) is 0 Å². The second-order valence-electron chi connectivity index (χ2n) is 7.55. The predicted molar refractivity (Wildman–Crippen MR) is 132 cm³/mol. The fraction of sp³-hybridized carbons (Fsp3) is 0.182. The van der Waals surface area contributed by atoms with Gasteiger partial charge in [0.05, 0.1) is 21.2 Å². The molecule has 3 aromatic carbocycles. The van der Waals surface area contributed by atoms with Crippen LogP contribution in [0.5, 0.6) is 0 Å². The Balaban J connectivity index is 1.72. The maximum Gasteiger partial charge on any atom is 0.262 e. The first-order valence-corrected chi connectivity index (χ1v) is 13.8. The SMILES string of the molecule is O=S(=O)(Nc1ccc(Cl)cc1)c1ccc(N2CCCC2)c(NS(=O)(=O)c2cccc(Cl)c2)c1. The summed E-state index contributed by atoms with van der Waals surface area (Å²) in [6.07, 6.45) is 1.94. The Morgan fingerprint density at radius 1 is 0.697 bits per heavy atom. The van der Waals surface area contributed by atoms with Gasteiger partial charge >= 0.3 is 0 Å². The van der Waals surface area contributed by atoms with Gasteiger partial charge in [0.15, 0.2) is 0 Å². The Bertz CT molecular complexity index is 1370. The Hall–Kier alpha value is -2.46. The highest BCUT2D eigenvalue weighted by Crippen LogP contribution is 2.34. The molecule has 1 aliphatic heterocycles. The molecular weight excluding hydrogens is 505 g/mol. The van der Waals surface area contributed by atoms with Crippen molar-refractivity contribution in [3.63, 3.8) is 0 Å². The highest BCUT2D eigenvalue weighted by atomic mass is 35.5. The summed E-state index contributed by atoms with van der Waals surface area (Å²) in [5.74, 6) is 0. The van der Waals surface area contributed by atoms with Crippen molar-refractivity contribution in [1.29, 1.82) is 0 Å². The maximum absolute atomic E-state index is 13.0. The zero-order chi connectivity index (χ0) is 23.6. The van der Waals surface area contributed by atoms with Crippen LogP contribution in [0.15, 0.2) is 76.5 Å². The summed E-state index contributed by atoms with van der Waals surface area (Å²) in [4.78, 5) is 1.93. The van der Waals surface area contributed by atoms with E-state index in [0.29, 0.717) is 16.4 Å². The minimum absolute atomic E-state index is 0.0186. The molecule has 0 saturated carbocycles. The smallest absolute Gasteiger partial charge is 0.262 e. The number of benzene rings is 3. The van der Waals surface area contributed by atoms with E-state index in [0.717, 1.165) is 25.9 Å². The maximum atomic E-state index is 13.0. The molecule has 174 valence electrons. The molecule has 0 radical (unpaired) electrons. The van der Waals surface area contributed by atoms with Gasteiger partial charge < -0.3 is 4.90 Å². The standard InChI is InChI=1S/C22H21Cl2N3O4S2/c23-16-6-8-18(9-7-16)25-32(28,29)20-10-11-22(27-12-1-2-13-27)21(15-20)26-33(30,31)19-5-3-4-17(24)14-19/h3-11,14-15,25-26H,1-2,12-13H2. The van der Waals surface area contributed by atoms with Gasteiger partial charge in [0.1, 0.15) is 0 Å². The van der Waals surface area contributed by atoms with Gasteiger partial charge in [-0.1, -0.05) is 29.3 Å². The number of sulfonamides is 2. The van der Waals surface area contributed by atoms with Crippen LogP contribution in [0.4, 0.5) is 17.1 Å². The number of hydrogen-bond acceptors (Lipinski definition) is 5. The predicted octanol–water partition coefficient (Wildman–Crippen LogP) is 5.20. The topological polar surface area (TPSA) is 95.6 Å². The lowest BCUT2D eigenvalue weighted by molar-refractivity contribution is 0.598. The van der Waals surface area contributed by atoms with Gasteiger partial charge in [-0.3, -0.25) is 9.44 Å². The first-order valence-electron chi connectivity index (χ1n) is 10.1. The fourth-order valence-electron chi connectivity index (χ4n) is 3.57. The van der Waals surface area contributed by atoms with Crippen molar-refractivity contribution in [1.82, 2.24) is 0 Å². The molecule has 0 spiro atoms. The highest BCUT2D eigenvalue weighted by molar-refractivity contribution is 7.93. The lowest BCUT2D eigenvalue weighted by Gasteiger charge is -2.23. The first kappa shape index (κ1) is 23.7. The molecule has 33 heavy (non-hydrogen) atoms. The molecule has 0 aromatic heterocycles. The van der Waals surface area contributed by atoms with Gasteiger partial charge in [-0.2, -0.15) is 0 Å². The van der Waals surface area contributed by atoms with E-state index in [-0.39, 0.29) is 20.5 Å². The summed E-state index contributed by atoms with van der Waals surface area (Å²) in [5, 5.41) is 0.756. The Morgan fingerprint density at radius 2 is 1.33 bits per heavy atom. The molecule has 11 heteroatoms. The molecule has 4 rings (SSSR count). The molecule has 0 amide bonds. The third-order valence-electron chi connectivity index (χ3n) is 5.17. The summed E-state index contributed by atoms with van der Waals surface area (Å²) in [7, 11) is -7.99. The van der Waals surface area contributed by atoms with Gasteiger partial charge in [0.2, 0.25) is 0 Å². The van der Waals surface area contributed by atoms with Gasteiger partial charge in [-0.05, 0) is 73.5 Å². The number of halogens is 2. The van der Waals surface area contributed by atoms with Crippen LogP contribution in [-0.4, -0.2) is 29.9 Å². The van der Waals surface area contributed by atoms with E-state index in [2.05, 4.69) is 9.44 Å². The van der Waals surface area contributed by atoms with Crippen molar-refractivity contribution in [3.8, 4) is 0 Å². The van der Waals surface area contributed by atoms with Crippen molar-refractivity contribution >= 4 is 60.3 Å². The molecule has 2 N–H and O–H groups in total. The molecule has 0 unspecified atom stereocenters. The van der Waals surface area contributed by atoms with E-state index >= 15 is 0 Å². The molecule has 0 aliphatic carbocycles. The van der Waals surface area contributed by atoms with Crippen LogP contribution in [-0.2, 0) is 20.0 Å². The lowest BCUT2D eigenvalue weighted by Crippen LogP contribution is -2.22. The van der Waals surface area contributed by atoms with Gasteiger partial charge in [0.25, 0.3) is 20.0 Å². The summed E-state index contributed by atoms with van der Waals surface area (Å²) in [6.45, 7) is 1.50. The van der Waals surface area contributed by atoms with Crippen molar-refractivity contribution in [2.45, 2.75) is 22.6 Å². The molecule has 1 saturated heterocycles. The third-order valence-corrected chi connectivity index (χ3v) is 8.40. The van der Waals surface area contributed by atoms with Crippen LogP contribution < -0.4 is 14.3 Å². The Morgan fingerprint density at radius 3 is 2.00 bits per heavy atom. The van der Waals surface area contributed by atoms with Crippen molar-refractivity contribution < 1.29 is 16.8 Å². The summed E-state index contributed by atoms with van der Waals surface area (Å²) >= 11 is 11.8. The molecule has 3 aromatic rings. The average Bonchev–Trinajstić information content (AvgIpc) is 3.30. The molecule has 0 bridgehead atoms. The van der Waals surface area contributed by atoms with Gasteiger partial charge in [-0.25, -0.2) is 16.8 Å². The fourth-order valence-corrected chi connectivity index (χ4v) is 6.14. The third kappa shape index (κ3) is 5.55. The van der Waals surface area contributed by atoms with E-state index in [4.69, 9.17) is 23.2 Å². The summed E-state index contributed by atoms with van der Waals surface area (Å²) < 4.78 is 57.1. The van der Waals surface area contributed by atoms with Crippen LogP contribution in [0.2, 0.25) is 10.0 Å². The Kier molecular flexibility index (Phi) is 6.76. The number of nitrogens with zero attached hydrogens (tertiary/aromatic N) is 1. The minimum Gasteiger partial charge on any atom is -0.370 e. The molecule has 7 nitrogen and oxygen atoms in total. The van der Waals surface area contributed by atoms with Crippen LogP contribution in [0.25, 0.3) is 0 Å². The molecule has 1 aliphatic rings. The van der Waals surface area contributed by atoms with E-state index < -0.39 is 20.0 Å². The zero-order valence-electron chi connectivity index (χ0n) is 17.3. The number of nitrogens with one attached hydrogen (secondary N) is 2. The minimum atomic E-state index is -4.00. The molecule has 1 heterocycles. The largest absolute Gasteiger partial charge is 0.370 e.